The number of benzene rings is 2. The molecular formula is C21H15N3O2Pt. The minimum atomic E-state index is -0.0620. The predicted octanol–water partition coefficient (Wildman–Crippen LogP) is 4.46. The second kappa shape index (κ2) is 8.10. The van der Waals surface area contributed by atoms with E-state index in [4.69, 9.17) is 0 Å². The molecule has 4 rings (SSSR count). The summed E-state index contributed by atoms with van der Waals surface area (Å²) in [7, 11) is 0. The van der Waals surface area contributed by atoms with E-state index in [1.165, 1.54) is 6.20 Å². The van der Waals surface area contributed by atoms with Crippen LogP contribution in [0.2, 0.25) is 0 Å². The number of aromatic nitrogens is 2. The molecule has 0 atom stereocenters. The Morgan fingerprint density at radius 2 is 1.63 bits per heavy atom. The van der Waals surface area contributed by atoms with Crippen molar-refractivity contribution >= 4 is 22.7 Å². The van der Waals surface area contributed by atoms with E-state index in [0.717, 1.165) is 5.39 Å². The van der Waals surface area contributed by atoms with E-state index < -0.39 is 0 Å². The number of fused-ring (bicyclic) bond motifs is 1. The Morgan fingerprint density at radius 3 is 2.44 bits per heavy atom. The van der Waals surface area contributed by atoms with Crippen LogP contribution in [0, 0.1) is 0 Å². The Balaban J connectivity index is 0.00000210. The van der Waals surface area contributed by atoms with Gasteiger partial charge in [-0.3, -0.25) is 4.99 Å². The molecule has 27 heavy (non-hydrogen) atoms. The SMILES string of the molecule is Oc1ncccc1-c1cccc(C=Nc2cccc3cccc(O)c23)n1.[Pt]. The summed E-state index contributed by atoms with van der Waals surface area (Å²) in [5.41, 5.74) is 2.47. The van der Waals surface area contributed by atoms with Crippen molar-refractivity contribution in [2.45, 2.75) is 0 Å². The molecule has 0 aliphatic heterocycles. The smallest absolute Gasteiger partial charge is 0.220 e. The molecule has 0 spiro atoms. The van der Waals surface area contributed by atoms with Crippen molar-refractivity contribution in [3.63, 3.8) is 0 Å². The van der Waals surface area contributed by atoms with E-state index in [9.17, 15) is 10.2 Å². The average molecular weight is 536 g/mol. The fourth-order valence-corrected chi connectivity index (χ4v) is 2.82. The molecule has 2 N–H and O–H groups in total. The van der Waals surface area contributed by atoms with Crippen LogP contribution < -0.4 is 0 Å². The molecule has 0 amide bonds. The number of nitrogens with zero attached hydrogens (tertiary/aromatic N) is 3. The first kappa shape index (κ1) is 18.7. The second-order valence-electron chi connectivity index (χ2n) is 5.73. The number of pyridine rings is 2. The van der Waals surface area contributed by atoms with Gasteiger partial charge in [0.2, 0.25) is 5.88 Å². The first-order valence-corrected chi connectivity index (χ1v) is 8.08. The molecule has 0 aliphatic rings. The summed E-state index contributed by atoms with van der Waals surface area (Å²) < 4.78 is 0. The van der Waals surface area contributed by atoms with Gasteiger partial charge in [0, 0.05) is 32.6 Å². The largest absolute Gasteiger partial charge is 0.507 e. The fourth-order valence-electron chi connectivity index (χ4n) is 2.82. The molecule has 6 heteroatoms. The second-order valence-corrected chi connectivity index (χ2v) is 5.73. The quantitative estimate of drug-likeness (QED) is 0.379. The van der Waals surface area contributed by atoms with Crippen LogP contribution in [0.5, 0.6) is 11.6 Å². The summed E-state index contributed by atoms with van der Waals surface area (Å²) >= 11 is 0. The minimum absolute atomic E-state index is 0. The van der Waals surface area contributed by atoms with Gasteiger partial charge in [0.25, 0.3) is 0 Å². The standard InChI is InChI=1S/C21H15N3O2.Pt/c25-19-11-2-6-14-5-1-10-18(20(14)19)23-13-15-7-3-9-17(24-15)16-8-4-12-22-21(16)26;/h1-13,25H,(H,22,26);. The molecule has 0 bridgehead atoms. The number of rotatable bonds is 3. The molecule has 2 heterocycles. The predicted molar refractivity (Wildman–Crippen MR) is 102 cm³/mol. The third-order valence-corrected chi connectivity index (χ3v) is 4.03. The van der Waals surface area contributed by atoms with E-state index in [0.29, 0.717) is 28.0 Å². The van der Waals surface area contributed by atoms with Crippen LogP contribution >= 0.6 is 0 Å². The Kier molecular flexibility index (Phi) is 5.63. The van der Waals surface area contributed by atoms with Gasteiger partial charge >= 0.3 is 0 Å². The Morgan fingerprint density at radius 1 is 0.852 bits per heavy atom. The fraction of sp³-hybridized carbons (Fsp3) is 0. The molecule has 5 nitrogen and oxygen atoms in total. The minimum Gasteiger partial charge on any atom is -0.507 e. The first-order chi connectivity index (χ1) is 12.7. The van der Waals surface area contributed by atoms with Gasteiger partial charge in [-0.15, -0.1) is 0 Å². The van der Waals surface area contributed by atoms with Gasteiger partial charge in [0.1, 0.15) is 5.75 Å². The number of phenols is 1. The molecule has 0 aliphatic carbocycles. The summed E-state index contributed by atoms with van der Waals surface area (Å²) in [4.78, 5) is 12.9. The van der Waals surface area contributed by atoms with Crippen LogP contribution in [0.15, 0.2) is 77.9 Å². The van der Waals surface area contributed by atoms with E-state index in [1.807, 2.05) is 36.4 Å². The summed E-state index contributed by atoms with van der Waals surface area (Å²) in [6.45, 7) is 0. The number of aliphatic imine (C=N–C) groups is 1. The monoisotopic (exact) mass is 536 g/mol. The maximum Gasteiger partial charge on any atom is 0.220 e. The molecule has 2 aromatic heterocycles. The van der Waals surface area contributed by atoms with Crippen molar-refractivity contribution in [1.29, 1.82) is 0 Å². The van der Waals surface area contributed by atoms with Crippen LogP contribution in [-0.4, -0.2) is 26.4 Å². The molecule has 0 unspecified atom stereocenters. The average Bonchev–Trinajstić information content (AvgIpc) is 2.67. The zero-order valence-corrected chi connectivity index (χ0v) is 16.3. The van der Waals surface area contributed by atoms with Crippen molar-refractivity contribution < 1.29 is 31.3 Å². The number of hydrogen-bond acceptors (Lipinski definition) is 5. The van der Waals surface area contributed by atoms with Crippen LogP contribution in [0.3, 0.4) is 0 Å². The third-order valence-electron chi connectivity index (χ3n) is 4.03. The third kappa shape index (κ3) is 3.88. The van der Waals surface area contributed by atoms with E-state index >= 15 is 0 Å². The molecular weight excluding hydrogens is 521 g/mol. The maximum absolute atomic E-state index is 10.1. The van der Waals surface area contributed by atoms with Crippen molar-refractivity contribution in [3.05, 3.63) is 78.6 Å². The summed E-state index contributed by atoms with van der Waals surface area (Å²) in [6.07, 6.45) is 3.16. The van der Waals surface area contributed by atoms with Gasteiger partial charge in [-0.2, -0.15) is 0 Å². The number of hydrogen-bond donors (Lipinski definition) is 2. The molecule has 2 aromatic carbocycles. The maximum atomic E-state index is 10.1. The Labute approximate surface area is 170 Å². The van der Waals surface area contributed by atoms with Crippen molar-refractivity contribution in [2.75, 3.05) is 0 Å². The normalized spacial score (nSPS) is 10.8. The Bertz CT molecular complexity index is 1120. The summed E-state index contributed by atoms with van der Waals surface area (Å²) in [5.74, 6) is 0.130. The summed E-state index contributed by atoms with van der Waals surface area (Å²) in [6, 6.07) is 20.0. The van der Waals surface area contributed by atoms with Gasteiger partial charge in [-0.05, 0) is 41.8 Å². The summed E-state index contributed by atoms with van der Waals surface area (Å²) in [5, 5.41) is 21.7. The van der Waals surface area contributed by atoms with E-state index in [-0.39, 0.29) is 32.7 Å². The van der Waals surface area contributed by atoms with Crippen LogP contribution in [0.1, 0.15) is 5.69 Å². The molecule has 136 valence electrons. The van der Waals surface area contributed by atoms with Crippen LogP contribution in [-0.2, 0) is 21.1 Å². The molecule has 0 radical (unpaired) electrons. The number of aromatic hydroxyl groups is 2. The van der Waals surface area contributed by atoms with Gasteiger partial charge in [0.15, 0.2) is 0 Å². The molecule has 4 aromatic rings. The van der Waals surface area contributed by atoms with Crippen molar-refractivity contribution in [1.82, 2.24) is 9.97 Å². The van der Waals surface area contributed by atoms with Gasteiger partial charge in [-0.25, -0.2) is 9.97 Å². The van der Waals surface area contributed by atoms with Crippen LogP contribution in [0.25, 0.3) is 22.0 Å². The zero-order chi connectivity index (χ0) is 17.9. The molecule has 0 saturated heterocycles. The van der Waals surface area contributed by atoms with Crippen molar-refractivity contribution in [3.8, 4) is 22.9 Å². The van der Waals surface area contributed by atoms with Gasteiger partial charge in [-0.1, -0.05) is 30.3 Å². The molecule has 0 saturated carbocycles. The van der Waals surface area contributed by atoms with Gasteiger partial charge in [0.05, 0.1) is 28.9 Å². The van der Waals surface area contributed by atoms with E-state index in [2.05, 4.69) is 15.0 Å². The van der Waals surface area contributed by atoms with E-state index in [1.54, 1.807) is 36.5 Å². The molecule has 0 fully saturated rings. The zero-order valence-electron chi connectivity index (χ0n) is 14.1. The van der Waals surface area contributed by atoms with Crippen LogP contribution in [0.4, 0.5) is 5.69 Å². The number of phenolic OH excluding ortho intramolecular Hbond substituents is 1. The van der Waals surface area contributed by atoms with Gasteiger partial charge < -0.3 is 10.2 Å². The van der Waals surface area contributed by atoms with Crippen molar-refractivity contribution in [2.24, 2.45) is 4.99 Å². The first-order valence-electron chi connectivity index (χ1n) is 8.08. The topological polar surface area (TPSA) is 78.6 Å². The Hall–Kier alpha value is -3.04.